The Morgan fingerprint density at radius 1 is 1.57 bits per heavy atom. The molecule has 4 heteroatoms. The van der Waals surface area contributed by atoms with Gasteiger partial charge in [-0.05, 0) is 27.2 Å². The topological polar surface area (TPSA) is 58.6 Å². The van der Waals surface area contributed by atoms with E-state index in [4.69, 9.17) is 4.74 Å². The van der Waals surface area contributed by atoms with Gasteiger partial charge in [-0.2, -0.15) is 0 Å². The third-order valence-electron chi connectivity index (χ3n) is 2.09. The Kier molecular flexibility index (Phi) is 5.72. The minimum atomic E-state index is -0.605. The van der Waals surface area contributed by atoms with Gasteiger partial charge in [-0.15, -0.1) is 0 Å². The summed E-state index contributed by atoms with van der Waals surface area (Å²) in [6, 6.07) is 0. The van der Waals surface area contributed by atoms with E-state index >= 15 is 0 Å². The lowest BCUT2D eigenvalue weighted by atomic mass is 9.99. The molecule has 0 aromatic heterocycles. The second-order valence-corrected chi connectivity index (χ2v) is 4.00. The molecule has 4 nitrogen and oxygen atoms in total. The summed E-state index contributed by atoms with van der Waals surface area (Å²) in [5.74, 6) is -0.190. The van der Waals surface area contributed by atoms with Gasteiger partial charge in [-0.1, -0.05) is 6.92 Å². The highest BCUT2D eigenvalue weighted by molar-refractivity contribution is 5.78. The van der Waals surface area contributed by atoms with Gasteiger partial charge in [0, 0.05) is 6.61 Å². The van der Waals surface area contributed by atoms with Crippen LogP contribution in [0.5, 0.6) is 0 Å². The van der Waals surface area contributed by atoms with E-state index < -0.39 is 11.6 Å². The van der Waals surface area contributed by atoms with E-state index in [0.29, 0.717) is 6.61 Å². The molecule has 0 aromatic rings. The Hall–Kier alpha value is -0.610. The van der Waals surface area contributed by atoms with Gasteiger partial charge in [0.25, 0.3) is 0 Å². The van der Waals surface area contributed by atoms with Crippen molar-refractivity contribution in [2.45, 2.75) is 45.8 Å². The van der Waals surface area contributed by atoms with Gasteiger partial charge in [-0.3, -0.25) is 4.79 Å². The van der Waals surface area contributed by atoms with Crippen molar-refractivity contribution in [3.8, 4) is 0 Å². The van der Waals surface area contributed by atoms with Crippen LogP contribution >= 0.6 is 0 Å². The smallest absolute Gasteiger partial charge is 0.246 e. The fourth-order valence-electron chi connectivity index (χ4n) is 0.809. The number of nitrogens with one attached hydrogen (secondary N) is 1. The first-order chi connectivity index (χ1) is 6.40. The molecule has 0 saturated carbocycles. The van der Waals surface area contributed by atoms with Crippen LogP contribution in [0.25, 0.3) is 0 Å². The van der Waals surface area contributed by atoms with Crippen LogP contribution in [0.15, 0.2) is 0 Å². The van der Waals surface area contributed by atoms with Crippen molar-refractivity contribution < 1.29 is 14.6 Å². The zero-order valence-electron chi connectivity index (χ0n) is 9.46. The fourth-order valence-corrected chi connectivity index (χ4v) is 0.809. The van der Waals surface area contributed by atoms with Crippen LogP contribution < -0.4 is 5.32 Å². The first-order valence-electron chi connectivity index (χ1n) is 4.97. The Balaban J connectivity index is 3.82. The van der Waals surface area contributed by atoms with E-state index in [1.165, 1.54) is 0 Å². The number of carbonyl (C=O) groups is 1. The first-order valence-corrected chi connectivity index (χ1v) is 4.97. The van der Waals surface area contributed by atoms with Gasteiger partial charge in [0.15, 0.2) is 0 Å². The second kappa shape index (κ2) is 5.98. The van der Waals surface area contributed by atoms with Gasteiger partial charge in [0.05, 0.1) is 11.6 Å². The molecule has 84 valence electrons. The molecule has 2 N–H and O–H groups in total. The Morgan fingerprint density at radius 2 is 2.14 bits per heavy atom. The normalized spacial score (nSPS) is 13.8. The highest BCUT2D eigenvalue weighted by Crippen LogP contribution is 2.07. The average molecular weight is 203 g/mol. The van der Waals surface area contributed by atoms with Crippen LogP contribution in [0.1, 0.15) is 34.1 Å². The number of rotatable bonds is 6. The van der Waals surface area contributed by atoms with E-state index in [2.05, 4.69) is 5.32 Å². The van der Waals surface area contributed by atoms with Crippen molar-refractivity contribution in [1.82, 2.24) is 5.32 Å². The number of aliphatic hydroxyl groups is 1. The van der Waals surface area contributed by atoms with Gasteiger partial charge in [-0.25, -0.2) is 0 Å². The standard InChI is InChI=1S/C10H21NO3/c1-5-6-14-7-9(13)11-10(3,4)8(2)12/h8,12H,5-7H2,1-4H3,(H,11,13). The summed E-state index contributed by atoms with van der Waals surface area (Å²) in [6.45, 7) is 7.82. The molecule has 1 amide bonds. The first kappa shape index (κ1) is 13.4. The summed E-state index contributed by atoms with van der Waals surface area (Å²) in [5, 5.41) is 12.0. The lowest BCUT2D eigenvalue weighted by molar-refractivity contribution is -0.128. The molecule has 1 unspecified atom stereocenters. The minimum Gasteiger partial charge on any atom is -0.391 e. The molecule has 0 spiro atoms. The van der Waals surface area contributed by atoms with Gasteiger partial charge in [0.1, 0.15) is 6.61 Å². The van der Waals surface area contributed by atoms with Gasteiger partial charge < -0.3 is 15.2 Å². The van der Waals surface area contributed by atoms with Crippen LogP contribution in [-0.4, -0.2) is 35.9 Å². The maximum atomic E-state index is 11.3. The molecule has 0 aliphatic heterocycles. The van der Waals surface area contributed by atoms with E-state index in [-0.39, 0.29) is 12.5 Å². The molecule has 0 aliphatic rings. The minimum absolute atomic E-state index is 0.0595. The monoisotopic (exact) mass is 203 g/mol. The lowest BCUT2D eigenvalue weighted by Crippen LogP contribution is -2.52. The Bertz CT molecular complexity index is 178. The van der Waals surface area contributed by atoms with Gasteiger partial charge >= 0.3 is 0 Å². The van der Waals surface area contributed by atoms with Crippen molar-refractivity contribution >= 4 is 5.91 Å². The number of hydrogen-bond donors (Lipinski definition) is 2. The molecule has 0 rings (SSSR count). The van der Waals surface area contributed by atoms with Crippen LogP contribution in [-0.2, 0) is 9.53 Å². The number of aliphatic hydroxyl groups excluding tert-OH is 1. The van der Waals surface area contributed by atoms with Crippen molar-refractivity contribution in [3.63, 3.8) is 0 Å². The Labute approximate surface area is 85.6 Å². The fraction of sp³-hybridized carbons (Fsp3) is 0.900. The molecule has 0 fully saturated rings. The summed E-state index contributed by atoms with van der Waals surface area (Å²) in [6.07, 6.45) is 0.310. The number of ether oxygens (including phenoxy) is 1. The molecule has 1 atom stereocenters. The lowest BCUT2D eigenvalue weighted by Gasteiger charge is -2.29. The molecule has 0 aliphatic carbocycles. The molecule has 0 bridgehead atoms. The van der Waals surface area contributed by atoms with Crippen molar-refractivity contribution in [3.05, 3.63) is 0 Å². The number of hydrogen-bond acceptors (Lipinski definition) is 3. The Morgan fingerprint density at radius 3 is 2.57 bits per heavy atom. The highest BCUT2D eigenvalue weighted by atomic mass is 16.5. The molecule has 0 heterocycles. The zero-order valence-corrected chi connectivity index (χ0v) is 9.46. The predicted molar refractivity (Wildman–Crippen MR) is 55.0 cm³/mol. The highest BCUT2D eigenvalue weighted by Gasteiger charge is 2.25. The predicted octanol–water partition coefficient (Wildman–Crippen LogP) is 0.689. The van der Waals surface area contributed by atoms with Crippen molar-refractivity contribution in [2.24, 2.45) is 0 Å². The molecule has 0 aromatic carbocycles. The van der Waals surface area contributed by atoms with Crippen LogP contribution in [0, 0.1) is 0 Å². The van der Waals surface area contributed by atoms with E-state index in [1.54, 1.807) is 20.8 Å². The maximum absolute atomic E-state index is 11.3. The van der Waals surface area contributed by atoms with Crippen molar-refractivity contribution in [2.75, 3.05) is 13.2 Å². The summed E-state index contributed by atoms with van der Waals surface area (Å²) >= 11 is 0. The molecular formula is C10H21NO3. The molecule has 14 heavy (non-hydrogen) atoms. The summed E-state index contributed by atoms with van der Waals surface area (Å²) in [4.78, 5) is 11.3. The molecule has 0 radical (unpaired) electrons. The van der Waals surface area contributed by atoms with Crippen LogP contribution in [0.2, 0.25) is 0 Å². The van der Waals surface area contributed by atoms with E-state index in [1.807, 2.05) is 6.92 Å². The number of carbonyl (C=O) groups excluding carboxylic acids is 1. The van der Waals surface area contributed by atoms with E-state index in [0.717, 1.165) is 6.42 Å². The summed E-state index contributed by atoms with van der Waals surface area (Å²) < 4.78 is 5.08. The number of amides is 1. The second-order valence-electron chi connectivity index (χ2n) is 4.00. The summed E-state index contributed by atoms with van der Waals surface area (Å²) in [7, 11) is 0. The average Bonchev–Trinajstić information content (AvgIpc) is 2.03. The summed E-state index contributed by atoms with van der Waals surface area (Å²) in [5.41, 5.74) is -0.605. The largest absolute Gasteiger partial charge is 0.391 e. The zero-order chi connectivity index (χ0) is 11.2. The quantitative estimate of drug-likeness (QED) is 0.624. The SMILES string of the molecule is CCCOCC(=O)NC(C)(C)C(C)O. The van der Waals surface area contributed by atoms with E-state index in [9.17, 15) is 9.90 Å². The van der Waals surface area contributed by atoms with Crippen LogP contribution in [0.4, 0.5) is 0 Å². The molecular weight excluding hydrogens is 182 g/mol. The third kappa shape index (κ3) is 5.19. The van der Waals surface area contributed by atoms with Gasteiger partial charge in [0.2, 0.25) is 5.91 Å². The molecule has 0 saturated heterocycles. The maximum Gasteiger partial charge on any atom is 0.246 e. The third-order valence-corrected chi connectivity index (χ3v) is 2.09. The van der Waals surface area contributed by atoms with Crippen molar-refractivity contribution in [1.29, 1.82) is 0 Å². The van der Waals surface area contributed by atoms with Crippen LogP contribution in [0.3, 0.4) is 0 Å².